The van der Waals surface area contributed by atoms with Crippen molar-refractivity contribution in [1.82, 2.24) is 15.0 Å². The first kappa shape index (κ1) is 12.8. The van der Waals surface area contributed by atoms with Gasteiger partial charge in [-0.25, -0.2) is 4.39 Å². The molecule has 2 aromatic rings. The van der Waals surface area contributed by atoms with Crippen molar-refractivity contribution >= 4 is 5.78 Å². The number of aryl methyl sites for hydroxylation is 1. The third-order valence-electron chi connectivity index (χ3n) is 3.44. The summed E-state index contributed by atoms with van der Waals surface area (Å²) in [6, 6.07) is 2.85. The monoisotopic (exact) mass is 275 g/mol. The van der Waals surface area contributed by atoms with Crippen LogP contribution in [0.3, 0.4) is 0 Å². The number of hydrogen-bond acceptors (Lipinski definition) is 4. The Labute approximate surface area is 115 Å². The van der Waals surface area contributed by atoms with Crippen molar-refractivity contribution in [1.29, 1.82) is 0 Å². The Kier molecular flexibility index (Phi) is 3.00. The molecule has 1 heterocycles. The number of hydrogen-bond donors (Lipinski definition) is 0. The minimum Gasteiger partial charge on any atom is -0.486 e. The average molecular weight is 275 g/mol. The summed E-state index contributed by atoms with van der Waals surface area (Å²) in [4.78, 5) is 13.4. The molecule has 0 radical (unpaired) electrons. The maximum atomic E-state index is 13.8. The molecule has 0 spiro atoms. The van der Waals surface area contributed by atoms with Gasteiger partial charge in [0.05, 0.1) is 11.8 Å². The van der Waals surface area contributed by atoms with Crippen LogP contribution in [0.15, 0.2) is 18.3 Å². The number of rotatable bonds is 3. The summed E-state index contributed by atoms with van der Waals surface area (Å²) in [5, 5.41) is 8.03. The second kappa shape index (κ2) is 4.70. The number of ether oxygens (including phenoxy) is 1. The Morgan fingerprint density at radius 2 is 2.30 bits per heavy atom. The average Bonchev–Trinajstić information content (AvgIpc) is 2.94. The number of Topliss-reactive ketones (excluding diaryl/α,β-unsaturated/α-hetero) is 1. The van der Waals surface area contributed by atoms with Crippen LogP contribution in [0.4, 0.5) is 4.39 Å². The van der Waals surface area contributed by atoms with E-state index in [2.05, 4.69) is 10.2 Å². The van der Waals surface area contributed by atoms with E-state index in [1.807, 2.05) is 6.92 Å². The normalized spacial score (nSPS) is 17.4. The second-order valence-electron chi connectivity index (χ2n) is 4.98. The Balaban J connectivity index is 1.89. The quantitative estimate of drug-likeness (QED) is 0.862. The maximum Gasteiger partial charge on any atom is 0.167 e. The van der Waals surface area contributed by atoms with Gasteiger partial charge in [0.2, 0.25) is 0 Å². The molecule has 5 nitrogen and oxygen atoms in total. The highest BCUT2D eigenvalue weighted by molar-refractivity contribution is 6.03. The van der Waals surface area contributed by atoms with Gasteiger partial charge >= 0.3 is 0 Å². The van der Waals surface area contributed by atoms with Gasteiger partial charge < -0.3 is 4.74 Å². The van der Waals surface area contributed by atoms with Crippen LogP contribution in [0, 0.1) is 5.82 Å². The van der Waals surface area contributed by atoms with Crippen molar-refractivity contribution in [2.45, 2.75) is 25.9 Å². The van der Waals surface area contributed by atoms with E-state index < -0.39 is 0 Å². The molecule has 0 bridgehead atoms. The molecule has 104 valence electrons. The summed E-state index contributed by atoms with van der Waals surface area (Å²) < 4.78 is 19.4. The van der Waals surface area contributed by atoms with E-state index in [-0.39, 0.29) is 24.1 Å². The Hall–Kier alpha value is -2.24. The fraction of sp³-hybridized carbons (Fsp3) is 0.357. The zero-order valence-corrected chi connectivity index (χ0v) is 11.3. The maximum absolute atomic E-state index is 13.8. The highest BCUT2D eigenvalue weighted by Crippen LogP contribution is 2.39. The number of aromatic nitrogens is 3. The van der Waals surface area contributed by atoms with Gasteiger partial charge in [0.15, 0.2) is 5.78 Å². The van der Waals surface area contributed by atoms with Gasteiger partial charge in [0.1, 0.15) is 23.9 Å². The fourth-order valence-corrected chi connectivity index (χ4v) is 2.55. The smallest absolute Gasteiger partial charge is 0.167 e. The van der Waals surface area contributed by atoms with Crippen LogP contribution in [0.5, 0.6) is 5.75 Å². The van der Waals surface area contributed by atoms with E-state index in [1.54, 1.807) is 13.2 Å². The lowest BCUT2D eigenvalue weighted by atomic mass is 10.0. The second-order valence-corrected chi connectivity index (χ2v) is 4.98. The zero-order chi connectivity index (χ0) is 14.3. The van der Waals surface area contributed by atoms with Gasteiger partial charge in [0.25, 0.3) is 0 Å². The molecule has 0 saturated carbocycles. The van der Waals surface area contributed by atoms with Crippen molar-refractivity contribution in [2.24, 2.45) is 7.05 Å². The van der Waals surface area contributed by atoms with Crippen molar-refractivity contribution in [3.8, 4) is 5.75 Å². The molecule has 1 aliphatic carbocycles. The number of nitrogens with zero attached hydrogens (tertiary/aromatic N) is 3. The molecular weight excluding hydrogens is 261 g/mol. The summed E-state index contributed by atoms with van der Waals surface area (Å²) in [7, 11) is 1.71. The van der Waals surface area contributed by atoms with Crippen molar-refractivity contribution in [3.05, 3.63) is 41.0 Å². The summed E-state index contributed by atoms with van der Waals surface area (Å²) in [6.07, 6.45) is 1.92. The number of halogens is 1. The molecule has 3 rings (SSSR count). The molecule has 1 atom stereocenters. The van der Waals surface area contributed by atoms with Crippen LogP contribution in [0.1, 0.15) is 40.9 Å². The minimum atomic E-state index is -0.342. The van der Waals surface area contributed by atoms with Crippen LogP contribution in [0.2, 0.25) is 0 Å². The SMILES string of the molecule is CC1CC(=O)c2c(OCc3cnn(C)n3)ccc(F)c21. The van der Waals surface area contributed by atoms with E-state index >= 15 is 0 Å². The fourth-order valence-electron chi connectivity index (χ4n) is 2.55. The van der Waals surface area contributed by atoms with Crippen LogP contribution in [-0.2, 0) is 13.7 Å². The lowest BCUT2D eigenvalue weighted by Crippen LogP contribution is -2.03. The summed E-state index contributed by atoms with van der Waals surface area (Å²) in [5.74, 6) is -0.0923. The number of fused-ring (bicyclic) bond motifs is 1. The number of ketones is 1. The third-order valence-corrected chi connectivity index (χ3v) is 3.44. The molecule has 20 heavy (non-hydrogen) atoms. The number of benzene rings is 1. The summed E-state index contributed by atoms with van der Waals surface area (Å²) in [5.41, 5.74) is 1.50. The Morgan fingerprint density at radius 3 is 3.00 bits per heavy atom. The van der Waals surface area contributed by atoms with E-state index in [0.717, 1.165) is 0 Å². The predicted molar refractivity (Wildman–Crippen MR) is 69.1 cm³/mol. The van der Waals surface area contributed by atoms with E-state index in [1.165, 1.54) is 16.9 Å². The molecule has 1 aromatic carbocycles. The predicted octanol–water partition coefficient (Wildman–Crippen LogP) is 2.22. The molecule has 0 amide bonds. The first-order valence-corrected chi connectivity index (χ1v) is 6.40. The molecule has 0 saturated heterocycles. The van der Waals surface area contributed by atoms with Crippen molar-refractivity contribution in [3.63, 3.8) is 0 Å². The van der Waals surface area contributed by atoms with Gasteiger partial charge in [-0.1, -0.05) is 6.92 Å². The number of carbonyl (C=O) groups is 1. The molecule has 6 heteroatoms. The summed E-state index contributed by atoms with van der Waals surface area (Å²) in [6.45, 7) is 2.05. The number of carbonyl (C=O) groups excluding carboxylic acids is 1. The lowest BCUT2D eigenvalue weighted by Gasteiger charge is -2.10. The van der Waals surface area contributed by atoms with Crippen molar-refractivity contribution < 1.29 is 13.9 Å². The highest BCUT2D eigenvalue weighted by Gasteiger charge is 2.32. The topological polar surface area (TPSA) is 57.0 Å². The first-order chi connectivity index (χ1) is 9.56. The highest BCUT2D eigenvalue weighted by atomic mass is 19.1. The lowest BCUT2D eigenvalue weighted by molar-refractivity contribution is 0.0986. The van der Waals surface area contributed by atoms with Gasteiger partial charge in [0, 0.05) is 19.0 Å². The van der Waals surface area contributed by atoms with Crippen LogP contribution < -0.4 is 4.74 Å². The van der Waals surface area contributed by atoms with Gasteiger partial charge in [-0.3, -0.25) is 4.79 Å². The van der Waals surface area contributed by atoms with Gasteiger partial charge in [-0.05, 0) is 18.1 Å². The third kappa shape index (κ3) is 2.07. The van der Waals surface area contributed by atoms with E-state index in [0.29, 0.717) is 29.0 Å². The van der Waals surface area contributed by atoms with E-state index in [9.17, 15) is 9.18 Å². The molecule has 1 aliphatic rings. The van der Waals surface area contributed by atoms with Crippen LogP contribution in [0.25, 0.3) is 0 Å². The zero-order valence-electron chi connectivity index (χ0n) is 11.3. The van der Waals surface area contributed by atoms with Crippen molar-refractivity contribution in [2.75, 3.05) is 0 Å². The summed E-state index contributed by atoms with van der Waals surface area (Å²) >= 11 is 0. The van der Waals surface area contributed by atoms with Crippen LogP contribution in [-0.4, -0.2) is 20.8 Å². The molecular formula is C14H14FN3O2. The molecule has 1 aromatic heterocycles. The van der Waals surface area contributed by atoms with Crippen LogP contribution >= 0.6 is 0 Å². The minimum absolute atomic E-state index is 0.0684. The molecule has 0 fully saturated rings. The molecule has 0 aliphatic heterocycles. The Bertz CT molecular complexity index is 681. The molecule has 0 N–H and O–H groups in total. The van der Waals surface area contributed by atoms with Gasteiger partial charge in [-0.15, -0.1) is 0 Å². The Morgan fingerprint density at radius 1 is 1.50 bits per heavy atom. The first-order valence-electron chi connectivity index (χ1n) is 6.40. The van der Waals surface area contributed by atoms with Gasteiger partial charge in [-0.2, -0.15) is 15.0 Å². The molecule has 1 unspecified atom stereocenters. The van der Waals surface area contributed by atoms with E-state index in [4.69, 9.17) is 4.74 Å². The standard InChI is InChI=1S/C14H14FN3O2/c1-8-5-11(19)14-12(4-3-10(15)13(8)14)20-7-9-6-16-18(2)17-9/h3-4,6,8H,5,7H2,1-2H3. The largest absolute Gasteiger partial charge is 0.486 e.